The first-order valence-electron chi connectivity index (χ1n) is 5.25. The number of hydrogen-bond donors (Lipinski definition) is 0. The summed E-state index contributed by atoms with van der Waals surface area (Å²) in [5, 5.41) is 4.21. The van der Waals surface area contributed by atoms with Gasteiger partial charge in [0.25, 0.3) is 0 Å². The van der Waals surface area contributed by atoms with Gasteiger partial charge in [-0.1, -0.05) is 28.8 Å². The summed E-state index contributed by atoms with van der Waals surface area (Å²) < 4.78 is 0. The molecule has 1 saturated heterocycles. The Labute approximate surface area is 104 Å². The highest BCUT2D eigenvalue weighted by Crippen LogP contribution is 2.15. The molecular weight excluding hydrogens is 240 g/mol. The van der Waals surface area contributed by atoms with Gasteiger partial charge in [-0.2, -0.15) is 0 Å². The molecule has 1 heterocycles. The van der Waals surface area contributed by atoms with Crippen LogP contribution in [-0.2, 0) is 11.2 Å². The zero-order chi connectivity index (χ0) is 12.3. The summed E-state index contributed by atoms with van der Waals surface area (Å²) in [5.74, 6) is 0.0525. The van der Waals surface area contributed by atoms with E-state index in [2.05, 4.69) is 10.0 Å². The summed E-state index contributed by atoms with van der Waals surface area (Å²) in [5.41, 5.74) is 9.17. The molecule has 0 unspecified atom stereocenters. The van der Waals surface area contributed by atoms with Crippen LogP contribution in [0.25, 0.3) is 10.4 Å². The molecule has 0 saturated carbocycles. The summed E-state index contributed by atoms with van der Waals surface area (Å²) in [7, 11) is 0. The van der Waals surface area contributed by atoms with E-state index in [0.29, 0.717) is 24.5 Å². The highest BCUT2D eigenvalue weighted by Gasteiger charge is 2.29. The Morgan fingerprint density at radius 1 is 1.47 bits per heavy atom. The SMILES string of the molecule is [N-]=[N+]=NC1CN(C(=O)Cc2ccc(Cl)cc2)C1. The Morgan fingerprint density at radius 2 is 2.12 bits per heavy atom. The van der Waals surface area contributed by atoms with Crippen molar-refractivity contribution in [3.63, 3.8) is 0 Å². The minimum absolute atomic E-state index is 0.0525. The molecule has 0 spiro atoms. The minimum atomic E-state index is -0.0610. The first-order valence-corrected chi connectivity index (χ1v) is 5.63. The van der Waals surface area contributed by atoms with Crippen LogP contribution in [0.3, 0.4) is 0 Å². The molecule has 5 nitrogen and oxygen atoms in total. The molecule has 2 rings (SSSR count). The van der Waals surface area contributed by atoms with Gasteiger partial charge < -0.3 is 4.90 Å². The number of rotatable bonds is 3. The molecular formula is C11H11ClN4O. The molecule has 0 N–H and O–H groups in total. The largest absolute Gasteiger partial charge is 0.341 e. The second-order valence-electron chi connectivity index (χ2n) is 3.96. The van der Waals surface area contributed by atoms with Gasteiger partial charge in [-0.3, -0.25) is 4.79 Å². The molecule has 0 atom stereocenters. The van der Waals surface area contributed by atoms with Gasteiger partial charge in [0.15, 0.2) is 0 Å². The van der Waals surface area contributed by atoms with E-state index >= 15 is 0 Å². The van der Waals surface area contributed by atoms with Gasteiger partial charge in [0.1, 0.15) is 0 Å². The number of carbonyl (C=O) groups excluding carboxylic acids is 1. The zero-order valence-corrected chi connectivity index (χ0v) is 9.84. The molecule has 1 fully saturated rings. The van der Waals surface area contributed by atoms with E-state index < -0.39 is 0 Å². The van der Waals surface area contributed by atoms with Crippen molar-refractivity contribution < 1.29 is 4.79 Å². The number of hydrogen-bond acceptors (Lipinski definition) is 2. The van der Waals surface area contributed by atoms with Crippen LogP contribution >= 0.6 is 11.6 Å². The van der Waals surface area contributed by atoms with Gasteiger partial charge in [-0.25, -0.2) is 0 Å². The fourth-order valence-corrected chi connectivity index (χ4v) is 1.82. The Hall–Kier alpha value is -1.71. The molecule has 88 valence electrons. The Kier molecular flexibility index (Phi) is 3.52. The van der Waals surface area contributed by atoms with E-state index in [9.17, 15) is 4.79 Å². The quantitative estimate of drug-likeness (QED) is 0.461. The standard InChI is InChI=1S/C11H11ClN4O/c12-9-3-1-8(2-4-9)5-11(17)16-6-10(7-16)14-15-13/h1-4,10H,5-7H2. The van der Waals surface area contributed by atoms with Gasteiger partial charge in [0.2, 0.25) is 5.91 Å². The first-order chi connectivity index (χ1) is 8.19. The average molecular weight is 251 g/mol. The predicted molar refractivity (Wildman–Crippen MR) is 64.7 cm³/mol. The average Bonchev–Trinajstić information content (AvgIpc) is 2.26. The van der Waals surface area contributed by atoms with Crippen molar-refractivity contribution in [1.82, 2.24) is 4.90 Å². The van der Waals surface area contributed by atoms with E-state index in [0.717, 1.165) is 5.56 Å². The maximum absolute atomic E-state index is 11.8. The summed E-state index contributed by atoms with van der Waals surface area (Å²) in [6.07, 6.45) is 0.361. The van der Waals surface area contributed by atoms with Crippen molar-refractivity contribution in [3.8, 4) is 0 Å². The molecule has 0 aromatic heterocycles. The number of halogens is 1. The first kappa shape index (κ1) is 11.8. The maximum Gasteiger partial charge on any atom is 0.227 e. The number of carbonyl (C=O) groups is 1. The molecule has 0 radical (unpaired) electrons. The summed E-state index contributed by atoms with van der Waals surface area (Å²) in [6.45, 7) is 1.05. The molecule has 1 aliphatic rings. The molecule has 6 heteroatoms. The topological polar surface area (TPSA) is 69.1 Å². The van der Waals surface area contributed by atoms with Gasteiger partial charge in [-0.15, -0.1) is 0 Å². The van der Waals surface area contributed by atoms with Gasteiger partial charge in [0, 0.05) is 23.0 Å². The second kappa shape index (κ2) is 5.08. The fourth-order valence-electron chi connectivity index (χ4n) is 1.69. The molecule has 17 heavy (non-hydrogen) atoms. The van der Waals surface area contributed by atoms with E-state index in [-0.39, 0.29) is 11.9 Å². The van der Waals surface area contributed by atoms with E-state index in [1.54, 1.807) is 17.0 Å². The van der Waals surface area contributed by atoms with Gasteiger partial charge in [-0.05, 0) is 23.2 Å². The number of azide groups is 1. The van der Waals surface area contributed by atoms with Crippen molar-refractivity contribution in [2.24, 2.45) is 5.11 Å². The van der Waals surface area contributed by atoms with Crippen LogP contribution in [0.5, 0.6) is 0 Å². The number of amides is 1. The van der Waals surface area contributed by atoms with Crippen molar-refractivity contribution in [1.29, 1.82) is 0 Å². The van der Waals surface area contributed by atoms with Crippen LogP contribution in [0.2, 0.25) is 5.02 Å². The van der Waals surface area contributed by atoms with E-state index in [1.807, 2.05) is 12.1 Å². The Bertz CT molecular complexity index is 461. The van der Waals surface area contributed by atoms with E-state index in [1.165, 1.54) is 0 Å². The normalized spacial score (nSPS) is 15.0. The third-order valence-electron chi connectivity index (χ3n) is 2.70. The van der Waals surface area contributed by atoms with Crippen LogP contribution < -0.4 is 0 Å². The Balaban J connectivity index is 1.86. The number of nitrogens with zero attached hydrogens (tertiary/aromatic N) is 4. The molecule has 0 aliphatic carbocycles. The van der Waals surface area contributed by atoms with Gasteiger partial charge >= 0.3 is 0 Å². The van der Waals surface area contributed by atoms with Crippen LogP contribution in [0.4, 0.5) is 0 Å². The third-order valence-corrected chi connectivity index (χ3v) is 2.95. The van der Waals surface area contributed by atoms with Crippen LogP contribution in [-0.4, -0.2) is 29.9 Å². The predicted octanol–water partition coefficient (Wildman–Crippen LogP) is 2.40. The summed E-state index contributed by atoms with van der Waals surface area (Å²) in [4.78, 5) is 16.2. The molecule has 1 aliphatic heterocycles. The fraction of sp³-hybridized carbons (Fsp3) is 0.364. The van der Waals surface area contributed by atoms with Crippen molar-refractivity contribution in [2.45, 2.75) is 12.5 Å². The molecule has 1 amide bonds. The summed E-state index contributed by atoms with van der Waals surface area (Å²) >= 11 is 5.76. The maximum atomic E-state index is 11.8. The lowest BCUT2D eigenvalue weighted by molar-refractivity contribution is -0.134. The van der Waals surface area contributed by atoms with Crippen LogP contribution in [0, 0.1) is 0 Å². The summed E-state index contributed by atoms with van der Waals surface area (Å²) in [6, 6.07) is 7.15. The number of likely N-dealkylation sites (tertiary alicyclic amines) is 1. The lowest BCUT2D eigenvalue weighted by atomic mass is 10.1. The highest BCUT2D eigenvalue weighted by molar-refractivity contribution is 6.30. The lowest BCUT2D eigenvalue weighted by Gasteiger charge is -2.36. The minimum Gasteiger partial charge on any atom is -0.341 e. The molecule has 1 aromatic carbocycles. The highest BCUT2D eigenvalue weighted by atomic mass is 35.5. The second-order valence-corrected chi connectivity index (χ2v) is 4.40. The molecule has 1 aromatic rings. The molecule has 0 bridgehead atoms. The third kappa shape index (κ3) is 2.90. The van der Waals surface area contributed by atoms with Gasteiger partial charge in [0.05, 0.1) is 12.5 Å². The Morgan fingerprint density at radius 3 is 2.71 bits per heavy atom. The van der Waals surface area contributed by atoms with Crippen LogP contribution in [0.15, 0.2) is 29.4 Å². The van der Waals surface area contributed by atoms with E-state index in [4.69, 9.17) is 17.1 Å². The van der Waals surface area contributed by atoms with Crippen molar-refractivity contribution in [2.75, 3.05) is 13.1 Å². The van der Waals surface area contributed by atoms with Crippen molar-refractivity contribution >= 4 is 17.5 Å². The monoisotopic (exact) mass is 250 g/mol. The zero-order valence-electron chi connectivity index (χ0n) is 9.08. The lowest BCUT2D eigenvalue weighted by Crippen LogP contribution is -2.53. The number of benzene rings is 1. The van der Waals surface area contributed by atoms with Crippen LogP contribution in [0.1, 0.15) is 5.56 Å². The van der Waals surface area contributed by atoms with Crippen molar-refractivity contribution in [3.05, 3.63) is 45.3 Å². The smallest absolute Gasteiger partial charge is 0.227 e.